The maximum atomic E-state index is 10.8. The molecule has 1 fully saturated rings. The van der Waals surface area contributed by atoms with E-state index in [4.69, 9.17) is 9.84 Å². The zero-order valence-electron chi connectivity index (χ0n) is 11.4. The third-order valence-electron chi connectivity index (χ3n) is 3.50. The summed E-state index contributed by atoms with van der Waals surface area (Å²) in [6.07, 6.45) is 2.59. The molecule has 1 saturated heterocycles. The summed E-state index contributed by atoms with van der Waals surface area (Å²) in [5, 5.41) is 9.58. The number of ether oxygens (including phenoxy) is 1. The molecule has 0 spiro atoms. The third-order valence-corrected chi connectivity index (χ3v) is 4.85. The van der Waals surface area contributed by atoms with Crippen LogP contribution in [0.4, 0.5) is 0 Å². The molecule has 0 bridgehead atoms. The minimum Gasteiger partial charge on any atom is -0.481 e. The highest BCUT2D eigenvalue weighted by molar-refractivity contribution is 9.10. The first-order valence-corrected chi connectivity index (χ1v) is 8.24. The molecular formula is C13H14BrN3O3S. The number of pyridine rings is 1. The van der Waals surface area contributed by atoms with E-state index in [1.54, 1.807) is 6.20 Å². The van der Waals surface area contributed by atoms with Crippen molar-refractivity contribution in [1.82, 2.24) is 14.5 Å². The minimum atomic E-state index is -0.861. The second-order valence-electron chi connectivity index (χ2n) is 5.21. The van der Waals surface area contributed by atoms with Crippen molar-refractivity contribution in [2.75, 3.05) is 19.0 Å². The molecule has 21 heavy (non-hydrogen) atoms. The van der Waals surface area contributed by atoms with Crippen molar-refractivity contribution in [3.8, 4) is 0 Å². The number of carbonyl (C=O) groups is 1. The quantitative estimate of drug-likeness (QED) is 0.831. The van der Waals surface area contributed by atoms with Gasteiger partial charge in [-0.2, -0.15) is 0 Å². The van der Waals surface area contributed by atoms with Gasteiger partial charge in [0.2, 0.25) is 0 Å². The molecule has 1 unspecified atom stereocenters. The van der Waals surface area contributed by atoms with Gasteiger partial charge in [0.25, 0.3) is 0 Å². The molecule has 1 atom stereocenters. The van der Waals surface area contributed by atoms with E-state index in [9.17, 15) is 4.79 Å². The van der Waals surface area contributed by atoms with Crippen LogP contribution < -0.4 is 0 Å². The summed E-state index contributed by atoms with van der Waals surface area (Å²) in [6, 6.07) is 1.89. The van der Waals surface area contributed by atoms with Crippen LogP contribution >= 0.6 is 27.7 Å². The van der Waals surface area contributed by atoms with Gasteiger partial charge in [0.1, 0.15) is 5.52 Å². The Balaban J connectivity index is 2.13. The molecule has 3 rings (SSSR count). The van der Waals surface area contributed by atoms with E-state index < -0.39 is 5.97 Å². The molecule has 0 aliphatic carbocycles. The molecular weight excluding hydrogens is 358 g/mol. The van der Waals surface area contributed by atoms with Crippen LogP contribution in [0.25, 0.3) is 11.2 Å². The van der Waals surface area contributed by atoms with E-state index in [0.29, 0.717) is 18.4 Å². The summed E-state index contributed by atoms with van der Waals surface area (Å²) in [5.41, 5.74) is 1.28. The number of halogens is 1. The maximum absolute atomic E-state index is 10.8. The number of hydrogen-bond donors (Lipinski definition) is 1. The van der Waals surface area contributed by atoms with Gasteiger partial charge in [0.15, 0.2) is 10.8 Å². The smallest absolute Gasteiger partial charge is 0.313 e. The topological polar surface area (TPSA) is 77.2 Å². The number of hydrogen-bond acceptors (Lipinski definition) is 5. The molecule has 1 aliphatic rings. The van der Waals surface area contributed by atoms with Gasteiger partial charge in [0.05, 0.1) is 17.9 Å². The molecule has 2 aromatic heterocycles. The van der Waals surface area contributed by atoms with E-state index in [0.717, 1.165) is 22.1 Å². The lowest BCUT2D eigenvalue weighted by Gasteiger charge is -2.26. The van der Waals surface area contributed by atoms with Gasteiger partial charge in [-0.3, -0.25) is 9.36 Å². The van der Waals surface area contributed by atoms with Crippen LogP contribution in [0.1, 0.15) is 13.3 Å². The third kappa shape index (κ3) is 2.79. The first-order valence-electron chi connectivity index (χ1n) is 6.46. The Labute approximate surface area is 134 Å². The number of thioether (sulfide) groups is 1. The van der Waals surface area contributed by atoms with E-state index >= 15 is 0 Å². The lowest BCUT2D eigenvalue weighted by molar-refractivity contribution is -0.133. The Kier molecular flexibility index (Phi) is 3.94. The summed E-state index contributed by atoms with van der Waals surface area (Å²) in [5.74, 6) is -0.887. The molecule has 0 saturated carbocycles. The van der Waals surface area contributed by atoms with Gasteiger partial charge < -0.3 is 9.84 Å². The van der Waals surface area contributed by atoms with Gasteiger partial charge in [-0.1, -0.05) is 11.8 Å². The fourth-order valence-electron chi connectivity index (χ4n) is 2.46. The van der Waals surface area contributed by atoms with Gasteiger partial charge in [-0.15, -0.1) is 0 Å². The first kappa shape index (κ1) is 14.8. The summed E-state index contributed by atoms with van der Waals surface area (Å²) in [6.45, 7) is 3.36. The average molecular weight is 372 g/mol. The Hall–Kier alpha value is -1.12. The highest BCUT2D eigenvalue weighted by atomic mass is 79.9. The molecule has 0 aromatic carbocycles. The second kappa shape index (κ2) is 5.58. The lowest BCUT2D eigenvalue weighted by Crippen LogP contribution is -2.31. The Morgan fingerprint density at radius 3 is 3.14 bits per heavy atom. The largest absolute Gasteiger partial charge is 0.481 e. The number of rotatable bonds is 4. The molecule has 6 nitrogen and oxygen atoms in total. The van der Waals surface area contributed by atoms with Gasteiger partial charge >= 0.3 is 5.97 Å². The molecule has 0 radical (unpaired) electrons. The standard InChI is InChI=1S/C13H14BrN3O3S/c1-13(2-3-20-7-13)17-11-9(4-8(14)5-15-11)16-12(17)21-6-10(18)19/h4-5H,2-3,6-7H2,1H3,(H,18,19). The van der Waals surface area contributed by atoms with Crippen LogP contribution in [0.3, 0.4) is 0 Å². The SMILES string of the molecule is CC1(n2c(SCC(=O)O)nc3cc(Br)cnc32)CCOC1. The minimum absolute atomic E-state index is 0.0264. The highest BCUT2D eigenvalue weighted by Crippen LogP contribution is 2.35. The van der Waals surface area contributed by atoms with Crippen molar-refractivity contribution >= 4 is 44.8 Å². The molecule has 1 aliphatic heterocycles. The maximum Gasteiger partial charge on any atom is 0.313 e. The second-order valence-corrected chi connectivity index (χ2v) is 7.07. The van der Waals surface area contributed by atoms with Gasteiger partial charge in [-0.05, 0) is 35.3 Å². The predicted molar refractivity (Wildman–Crippen MR) is 82.7 cm³/mol. The van der Waals surface area contributed by atoms with Crippen molar-refractivity contribution in [2.45, 2.75) is 24.0 Å². The van der Waals surface area contributed by atoms with Crippen molar-refractivity contribution in [3.05, 3.63) is 16.7 Å². The first-order chi connectivity index (χ1) is 9.99. The molecule has 3 heterocycles. The van der Waals surface area contributed by atoms with Crippen molar-refractivity contribution in [2.24, 2.45) is 0 Å². The number of aliphatic carboxylic acids is 1. The summed E-state index contributed by atoms with van der Waals surface area (Å²) in [4.78, 5) is 19.9. The summed E-state index contributed by atoms with van der Waals surface area (Å²) < 4.78 is 8.40. The van der Waals surface area contributed by atoms with Gasteiger partial charge in [-0.25, -0.2) is 9.97 Å². The predicted octanol–water partition coefficient (Wildman–Crippen LogP) is 2.51. The number of aromatic nitrogens is 3. The molecule has 112 valence electrons. The van der Waals surface area contributed by atoms with Crippen LogP contribution in [0, 0.1) is 0 Å². The number of carboxylic acid groups (broad SMARTS) is 1. The van der Waals surface area contributed by atoms with Crippen molar-refractivity contribution in [1.29, 1.82) is 0 Å². The fourth-order valence-corrected chi connectivity index (χ4v) is 3.63. The molecule has 8 heteroatoms. The summed E-state index contributed by atoms with van der Waals surface area (Å²) >= 11 is 4.60. The average Bonchev–Trinajstić information content (AvgIpc) is 3.00. The lowest BCUT2D eigenvalue weighted by atomic mass is 10.0. The number of carboxylic acids is 1. The highest BCUT2D eigenvalue weighted by Gasteiger charge is 2.35. The zero-order valence-corrected chi connectivity index (χ0v) is 13.8. The number of imidazole rings is 1. The Morgan fingerprint density at radius 2 is 2.48 bits per heavy atom. The van der Waals surface area contributed by atoms with Crippen LogP contribution in [-0.2, 0) is 15.1 Å². The van der Waals surface area contributed by atoms with E-state index in [1.807, 2.05) is 10.6 Å². The molecule has 0 amide bonds. The van der Waals surface area contributed by atoms with Crippen molar-refractivity contribution in [3.63, 3.8) is 0 Å². The zero-order chi connectivity index (χ0) is 15.0. The monoisotopic (exact) mass is 371 g/mol. The number of fused-ring (bicyclic) bond motifs is 1. The normalized spacial score (nSPS) is 22.0. The Bertz CT molecular complexity index is 697. The molecule has 1 N–H and O–H groups in total. The van der Waals surface area contributed by atoms with Crippen LogP contribution in [0.2, 0.25) is 0 Å². The number of nitrogens with zero attached hydrogens (tertiary/aromatic N) is 3. The van der Waals surface area contributed by atoms with E-state index in [-0.39, 0.29) is 11.3 Å². The van der Waals surface area contributed by atoms with Crippen LogP contribution in [0.5, 0.6) is 0 Å². The fraction of sp³-hybridized carbons (Fsp3) is 0.462. The summed E-state index contributed by atoms with van der Waals surface area (Å²) in [7, 11) is 0. The van der Waals surface area contributed by atoms with Gasteiger partial charge in [0, 0.05) is 17.3 Å². The van der Waals surface area contributed by atoms with E-state index in [1.165, 1.54) is 11.8 Å². The molecule has 2 aromatic rings. The van der Waals surface area contributed by atoms with Crippen molar-refractivity contribution < 1.29 is 14.6 Å². The Morgan fingerprint density at radius 1 is 1.67 bits per heavy atom. The van der Waals surface area contributed by atoms with E-state index in [2.05, 4.69) is 32.8 Å². The van der Waals surface area contributed by atoms with Crippen LogP contribution in [0.15, 0.2) is 21.9 Å². The van der Waals surface area contributed by atoms with Crippen LogP contribution in [-0.4, -0.2) is 44.6 Å².